The number of aryl methyl sites for hydroxylation is 1. The Hall–Kier alpha value is -2.32. The Morgan fingerprint density at radius 2 is 2.40 bits per heavy atom. The molecule has 0 radical (unpaired) electrons. The van der Waals surface area contributed by atoms with E-state index in [9.17, 15) is 5.11 Å². The summed E-state index contributed by atoms with van der Waals surface area (Å²) in [6, 6.07) is 3.52. The zero-order valence-corrected chi connectivity index (χ0v) is 14.8. The topological polar surface area (TPSA) is 88.1 Å². The number of ether oxygens (including phenoxy) is 1. The largest absolute Gasteiger partial charge is 0.466 e. The number of rotatable bonds is 4. The molecule has 0 saturated carbocycles. The van der Waals surface area contributed by atoms with Gasteiger partial charge < -0.3 is 24.5 Å². The monoisotopic (exact) mass is 347 g/mol. The molecule has 0 aliphatic carbocycles. The van der Waals surface area contributed by atoms with Crippen LogP contribution in [0.5, 0.6) is 0 Å². The summed E-state index contributed by atoms with van der Waals surface area (Å²) < 4.78 is 12.9. The lowest BCUT2D eigenvalue weighted by Crippen LogP contribution is -2.50. The van der Waals surface area contributed by atoms with Crippen molar-refractivity contribution in [2.45, 2.75) is 18.6 Å². The molecule has 0 bridgehead atoms. The van der Waals surface area contributed by atoms with E-state index >= 15 is 0 Å². The Balaban J connectivity index is 1.62. The van der Waals surface area contributed by atoms with Crippen molar-refractivity contribution in [1.82, 2.24) is 20.0 Å². The van der Waals surface area contributed by atoms with E-state index in [1.54, 1.807) is 37.0 Å². The summed E-state index contributed by atoms with van der Waals surface area (Å²) in [5.74, 6) is 1.25. The molecule has 3 rings (SSSR count). The fourth-order valence-corrected chi connectivity index (χ4v) is 2.91. The molecule has 2 N–H and O–H groups in total. The Kier molecular flexibility index (Phi) is 5.10. The van der Waals surface area contributed by atoms with Gasteiger partial charge in [0.2, 0.25) is 0 Å². The minimum absolute atomic E-state index is 0.0495. The smallest absolute Gasteiger partial charge is 0.193 e. The lowest BCUT2D eigenvalue weighted by atomic mass is 10.0. The molecule has 2 atom stereocenters. The van der Waals surface area contributed by atoms with Crippen molar-refractivity contribution in [3.05, 3.63) is 42.1 Å². The highest BCUT2D eigenvalue weighted by atomic mass is 16.5. The highest BCUT2D eigenvalue weighted by Crippen LogP contribution is 2.22. The Morgan fingerprint density at radius 1 is 1.56 bits per heavy atom. The Labute approximate surface area is 147 Å². The van der Waals surface area contributed by atoms with Crippen molar-refractivity contribution in [1.29, 1.82) is 0 Å². The van der Waals surface area contributed by atoms with Gasteiger partial charge in [-0.2, -0.15) is 5.10 Å². The first-order valence-electron chi connectivity index (χ1n) is 8.32. The molecule has 0 spiro atoms. The molecule has 136 valence electrons. The average Bonchev–Trinajstić information content (AvgIpc) is 3.27. The van der Waals surface area contributed by atoms with Gasteiger partial charge in [-0.1, -0.05) is 0 Å². The third kappa shape index (κ3) is 4.02. The second kappa shape index (κ2) is 7.28. The van der Waals surface area contributed by atoms with Gasteiger partial charge in [0.15, 0.2) is 5.96 Å². The minimum Gasteiger partial charge on any atom is -0.466 e. The number of aromatic nitrogens is 2. The Bertz CT molecular complexity index is 708. The van der Waals surface area contributed by atoms with E-state index in [1.165, 1.54) is 0 Å². The molecule has 1 aliphatic rings. The van der Waals surface area contributed by atoms with Crippen molar-refractivity contribution >= 4 is 5.96 Å². The molecule has 2 aromatic rings. The third-order valence-corrected chi connectivity index (χ3v) is 4.32. The van der Waals surface area contributed by atoms with Crippen LogP contribution < -0.4 is 5.32 Å². The molecule has 8 heteroatoms. The van der Waals surface area contributed by atoms with E-state index in [4.69, 9.17) is 9.15 Å². The summed E-state index contributed by atoms with van der Waals surface area (Å²) in [5, 5.41) is 18.0. The summed E-state index contributed by atoms with van der Waals surface area (Å²) in [6.45, 7) is 4.02. The summed E-state index contributed by atoms with van der Waals surface area (Å²) >= 11 is 0. The first kappa shape index (κ1) is 17.5. The molecule has 3 heterocycles. The standard InChI is InChI=1S/C17H25N5O3/c1-17(23,15-5-4-7-25-15)12-19-16(18-2)22-6-8-24-14(11-22)13-9-20-21(3)10-13/h4-5,7,9-10,14,23H,6,8,11-12H2,1-3H3,(H,18,19). The van der Waals surface area contributed by atoms with E-state index in [1.807, 2.05) is 19.4 Å². The summed E-state index contributed by atoms with van der Waals surface area (Å²) in [5.41, 5.74) is -0.0701. The van der Waals surface area contributed by atoms with Crippen LogP contribution in [0.4, 0.5) is 0 Å². The fourth-order valence-electron chi connectivity index (χ4n) is 2.91. The van der Waals surface area contributed by atoms with Gasteiger partial charge in [-0.3, -0.25) is 9.67 Å². The Morgan fingerprint density at radius 3 is 3.04 bits per heavy atom. The van der Waals surface area contributed by atoms with E-state index < -0.39 is 5.60 Å². The molecular formula is C17H25N5O3. The SMILES string of the molecule is CN=C(NCC(C)(O)c1ccco1)N1CCOC(c2cnn(C)c2)C1. The molecule has 2 aromatic heterocycles. The van der Waals surface area contributed by atoms with E-state index in [-0.39, 0.29) is 6.10 Å². The second-order valence-corrected chi connectivity index (χ2v) is 6.40. The van der Waals surface area contributed by atoms with E-state index in [0.717, 1.165) is 18.1 Å². The normalized spacial score (nSPS) is 21.2. The molecule has 1 aliphatic heterocycles. The summed E-state index contributed by atoms with van der Waals surface area (Å²) in [7, 11) is 3.62. The van der Waals surface area contributed by atoms with Crippen molar-refractivity contribution in [3.8, 4) is 0 Å². The molecule has 1 fully saturated rings. The van der Waals surface area contributed by atoms with Crippen molar-refractivity contribution in [3.63, 3.8) is 0 Å². The molecule has 1 saturated heterocycles. The van der Waals surface area contributed by atoms with Gasteiger partial charge in [0, 0.05) is 32.4 Å². The molecule has 2 unspecified atom stereocenters. The fraction of sp³-hybridized carbons (Fsp3) is 0.529. The molecule has 25 heavy (non-hydrogen) atoms. The molecule has 0 aromatic carbocycles. The lowest BCUT2D eigenvalue weighted by molar-refractivity contribution is -0.00917. The van der Waals surface area contributed by atoms with E-state index in [0.29, 0.717) is 25.5 Å². The maximum atomic E-state index is 10.6. The predicted octanol–water partition coefficient (Wildman–Crippen LogP) is 0.869. The average molecular weight is 347 g/mol. The van der Waals surface area contributed by atoms with Crippen LogP contribution in [0.1, 0.15) is 24.4 Å². The van der Waals surface area contributed by atoms with Crippen LogP contribution in [0.25, 0.3) is 0 Å². The summed E-state index contributed by atoms with van der Waals surface area (Å²) in [4.78, 5) is 6.47. The van der Waals surface area contributed by atoms with Crippen LogP contribution in [0.3, 0.4) is 0 Å². The van der Waals surface area contributed by atoms with Gasteiger partial charge in [-0.25, -0.2) is 0 Å². The van der Waals surface area contributed by atoms with Crippen LogP contribution in [0.15, 0.2) is 40.2 Å². The van der Waals surface area contributed by atoms with Gasteiger partial charge in [0.1, 0.15) is 17.5 Å². The number of nitrogens with one attached hydrogen (secondary N) is 1. The maximum absolute atomic E-state index is 10.6. The highest BCUT2D eigenvalue weighted by Gasteiger charge is 2.29. The number of nitrogens with zero attached hydrogens (tertiary/aromatic N) is 4. The molecule has 8 nitrogen and oxygen atoms in total. The van der Waals surface area contributed by atoms with Gasteiger partial charge >= 0.3 is 0 Å². The molecular weight excluding hydrogens is 322 g/mol. The number of hydrogen-bond donors (Lipinski definition) is 2. The minimum atomic E-state index is -1.12. The zero-order chi connectivity index (χ0) is 17.9. The number of aliphatic hydroxyl groups is 1. The van der Waals surface area contributed by atoms with Crippen molar-refractivity contribution in [2.75, 3.05) is 33.3 Å². The second-order valence-electron chi connectivity index (χ2n) is 6.40. The van der Waals surface area contributed by atoms with E-state index in [2.05, 4.69) is 20.3 Å². The summed E-state index contributed by atoms with van der Waals surface area (Å²) in [6.07, 6.45) is 5.29. The number of aliphatic imine (C=N–C) groups is 1. The van der Waals surface area contributed by atoms with Gasteiger partial charge in [0.05, 0.1) is 32.2 Å². The van der Waals surface area contributed by atoms with Crippen LogP contribution in [0.2, 0.25) is 0 Å². The predicted molar refractivity (Wildman–Crippen MR) is 93.1 cm³/mol. The zero-order valence-electron chi connectivity index (χ0n) is 14.8. The number of hydrogen-bond acceptors (Lipinski definition) is 5. The van der Waals surface area contributed by atoms with Crippen LogP contribution >= 0.6 is 0 Å². The van der Waals surface area contributed by atoms with Crippen LogP contribution in [-0.2, 0) is 17.4 Å². The lowest BCUT2D eigenvalue weighted by Gasteiger charge is -2.35. The number of morpholine rings is 1. The van der Waals surface area contributed by atoms with Gasteiger partial charge in [-0.05, 0) is 19.1 Å². The molecule has 0 amide bonds. The highest BCUT2D eigenvalue weighted by molar-refractivity contribution is 5.80. The van der Waals surface area contributed by atoms with Crippen LogP contribution in [-0.4, -0.2) is 59.0 Å². The quantitative estimate of drug-likeness (QED) is 0.630. The van der Waals surface area contributed by atoms with Gasteiger partial charge in [-0.15, -0.1) is 0 Å². The number of guanidine groups is 1. The van der Waals surface area contributed by atoms with Crippen LogP contribution in [0, 0.1) is 0 Å². The van der Waals surface area contributed by atoms with Crippen molar-refractivity contribution < 1.29 is 14.3 Å². The third-order valence-electron chi connectivity index (χ3n) is 4.32. The van der Waals surface area contributed by atoms with Gasteiger partial charge in [0.25, 0.3) is 0 Å². The first-order valence-corrected chi connectivity index (χ1v) is 8.32. The van der Waals surface area contributed by atoms with Crippen molar-refractivity contribution in [2.24, 2.45) is 12.0 Å². The first-order chi connectivity index (χ1) is 12.0. The number of furan rings is 1. The maximum Gasteiger partial charge on any atom is 0.193 e.